The molecule has 0 unspecified atom stereocenters. The van der Waals surface area contributed by atoms with Gasteiger partial charge in [0, 0.05) is 6.42 Å². The Morgan fingerprint density at radius 2 is 1.49 bits per heavy atom. The molecule has 0 aliphatic heterocycles. The SMILES string of the molecule is Cc1ccc(S(=O)(=O)Oc2ccc(C[C@H](NC(=O)OCc3ccccc3)C(=O)OC(C)(C)C)cc2)cc1. The molecule has 8 nitrogen and oxygen atoms in total. The molecule has 0 saturated carbocycles. The van der Waals surface area contributed by atoms with Crippen LogP contribution < -0.4 is 9.50 Å². The number of amides is 1. The van der Waals surface area contributed by atoms with Gasteiger partial charge in [-0.15, -0.1) is 0 Å². The lowest BCUT2D eigenvalue weighted by Crippen LogP contribution is -2.45. The quantitative estimate of drug-likeness (QED) is 0.311. The van der Waals surface area contributed by atoms with Gasteiger partial charge in [0.05, 0.1) is 0 Å². The van der Waals surface area contributed by atoms with Crippen LogP contribution in [0.4, 0.5) is 4.79 Å². The molecule has 3 rings (SSSR count). The maximum atomic E-state index is 12.8. The Hall–Kier alpha value is -3.85. The number of aryl methyl sites for hydroxylation is 1. The highest BCUT2D eigenvalue weighted by molar-refractivity contribution is 7.87. The van der Waals surface area contributed by atoms with Gasteiger partial charge >= 0.3 is 22.2 Å². The number of carbonyl (C=O) groups excluding carboxylic acids is 2. The standard InChI is InChI=1S/C28H31NO7S/c1-20-10-16-24(17-11-20)37(32,33)36-23-14-12-21(13-15-23)18-25(26(30)35-28(2,3)4)29-27(31)34-19-22-8-6-5-7-9-22/h5-17,25H,18-19H2,1-4H3,(H,29,31)/t25-/m0/s1. The molecule has 9 heteroatoms. The van der Waals surface area contributed by atoms with E-state index in [-0.39, 0.29) is 23.7 Å². The number of ether oxygens (including phenoxy) is 2. The van der Waals surface area contributed by atoms with Crippen molar-refractivity contribution in [2.75, 3.05) is 0 Å². The summed E-state index contributed by atoms with van der Waals surface area (Å²) in [7, 11) is -3.99. The highest BCUT2D eigenvalue weighted by Crippen LogP contribution is 2.21. The summed E-state index contributed by atoms with van der Waals surface area (Å²) >= 11 is 0. The lowest BCUT2D eigenvalue weighted by atomic mass is 10.1. The molecule has 0 aromatic heterocycles. The van der Waals surface area contributed by atoms with Gasteiger partial charge < -0.3 is 19.0 Å². The van der Waals surface area contributed by atoms with E-state index in [9.17, 15) is 18.0 Å². The summed E-state index contributed by atoms with van der Waals surface area (Å²) in [6.45, 7) is 7.11. The van der Waals surface area contributed by atoms with E-state index in [1.165, 1.54) is 24.3 Å². The second-order valence-electron chi connectivity index (χ2n) is 9.49. The van der Waals surface area contributed by atoms with E-state index in [4.69, 9.17) is 13.7 Å². The summed E-state index contributed by atoms with van der Waals surface area (Å²) in [5.74, 6) is -0.500. The summed E-state index contributed by atoms with van der Waals surface area (Å²) in [5.41, 5.74) is 1.63. The molecule has 0 radical (unpaired) electrons. The summed E-state index contributed by atoms with van der Waals surface area (Å²) in [5, 5.41) is 2.57. The van der Waals surface area contributed by atoms with Crippen molar-refractivity contribution >= 4 is 22.2 Å². The number of carbonyl (C=O) groups is 2. The third kappa shape index (κ3) is 8.95. The number of hydrogen-bond donors (Lipinski definition) is 1. The van der Waals surface area contributed by atoms with Crippen molar-refractivity contribution in [3.05, 3.63) is 95.6 Å². The predicted molar refractivity (Wildman–Crippen MR) is 139 cm³/mol. The Morgan fingerprint density at radius 3 is 2.08 bits per heavy atom. The molecule has 3 aromatic carbocycles. The minimum Gasteiger partial charge on any atom is -0.458 e. The molecule has 1 N–H and O–H groups in total. The first-order valence-electron chi connectivity index (χ1n) is 11.7. The normalized spacial score (nSPS) is 12.3. The van der Waals surface area contributed by atoms with Gasteiger partial charge in [0.15, 0.2) is 0 Å². The Morgan fingerprint density at radius 1 is 0.865 bits per heavy atom. The van der Waals surface area contributed by atoms with Crippen LogP contribution >= 0.6 is 0 Å². The smallest absolute Gasteiger partial charge is 0.408 e. The fraction of sp³-hybridized carbons (Fsp3) is 0.286. The molecule has 37 heavy (non-hydrogen) atoms. The predicted octanol–water partition coefficient (Wildman–Crippen LogP) is 4.94. The van der Waals surface area contributed by atoms with E-state index in [1.54, 1.807) is 45.0 Å². The van der Waals surface area contributed by atoms with Gasteiger partial charge in [-0.2, -0.15) is 8.42 Å². The van der Waals surface area contributed by atoms with Gasteiger partial charge in [-0.25, -0.2) is 9.59 Å². The van der Waals surface area contributed by atoms with Crippen LogP contribution in [0.25, 0.3) is 0 Å². The highest BCUT2D eigenvalue weighted by atomic mass is 32.2. The van der Waals surface area contributed by atoms with E-state index in [0.29, 0.717) is 5.56 Å². The van der Waals surface area contributed by atoms with Crippen molar-refractivity contribution in [3.63, 3.8) is 0 Å². The number of alkyl carbamates (subject to hydrolysis) is 1. The monoisotopic (exact) mass is 525 g/mol. The van der Waals surface area contributed by atoms with Crippen molar-refractivity contribution in [1.29, 1.82) is 0 Å². The minimum atomic E-state index is -3.99. The third-order valence-corrected chi connectivity index (χ3v) is 6.34. The Kier molecular flexibility index (Phi) is 8.94. The molecular weight excluding hydrogens is 494 g/mol. The fourth-order valence-corrected chi connectivity index (χ4v) is 4.20. The Labute approximate surface area is 217 Å². The van der Waals surface area contributed by atoms with Crippen molar-refractivity contribution in [1.82, 2.24) is 5.32 Å². The zero-order chi connectivity index (χ0) is 27.1. The van der Waals surface area contributed by atoms with Gasteiger partial charge in [0.2, 0.25) is 0 Å². The van der Waals surface area contributed by atoms with Crippen LogP contribution in [-0.2, 0) is 37.4 Å². The van der Waals surface area contributed by atoms with Gasteiger partial charge in [0.1, 0.15) is 28.9 Å². The second-order valence-corrected chi connectivity index (χ2v) is 11.0. The van der Waals surface area contributed by atoms with Crippen molar-refractivity contribution < 1.29 is 31.7 Å². The van der Waals surface area contributed by atoms with Crippen LogP contribution in [0.3, 0.4) is 0 Å². The van der Waals surface area contributed by atoms with E-state index >= 15 is 0 Å². The summed E-state index contributed by atoms with van der Waals surface area (Å²) < 4.78 is 41.0. The lowest BCUT2D eigenvalue weighted by Gasteiger charge is -2.24. The lowest BCUT2D eigenvalue weighted by molar-refractivity contribution is -0.157. The van der Waals surface area contributed by atoms with Gasteiger partial charge in [0.25, 0.3) is 0 Å². The highest BCUT2D eigenvalue weighted by Gasteiger charge is 2.27. The van der Waals surface area contributed by atoms with Crippen LogP contribution in [0.15, 0.2) is 83.8 Å². The zero-order valence-electron chi connectivity index (χ0n) is 21.3. The molecule has 0 saturated heterocycles. The number of hydrogen-bond acceptors (Lipinski definition) is 7. The van der Waals surface area contributed by atoms with Crippen LogP contribution in [0, 0.1) is 6.92 Å². The van der Waals surface area contributed by atoms with Crippen molar-refractivity contribution in [2.24, 2.45) is 0 Å². The zero-order valence-corrected chi connectivity index (χ0v) is 22.1. The van der Waals surface area contributed by atoms with E-state index in [0.717, 1.165) is 11.1 Å². The Balaban J connectivity index is 1.68. The molecule has 0 fully saturated rings. The van der Waals surface area contributed by atoms with Crippen molar-refractivity contribution in [2.45, 2.75) is 57.3 Å². The van der Waals surface area contributed by atoms with Crippen LogP contribution in [-0.4, -0.2) is 32.1 Å². The number of nitrogens with one attached hydrogen (secondary N) is 1. The molecular formula is C28H31NO7S. The van der Waals surface area contributed by atoms with Gasteiger partial charge in [-0.05, 0) is 63.1 Å². The molecule has 1 amide bonds. The van der Waals surface area contributed by atoms with Crippen LogP contribution in [0.1, 0.15) is 37.5 Å². The maximum absolute atomic E-state index is 12.8. The fourth-order valence-electron chi connectivity index (χ4n) is 3.27. The van der Waals surface area contributed by atoms with E-state index in [2.05, 4.69) is 5.32 Å². The molecule has 0 bridgehead atoms. The minimum absolute atomic E-state index is 0.0466. The first kappa shape index (κ1) is 27.7. The molecule has 0 aliphatic carbocycles. The number of esters is 1. The van der Waals surface area contributed by atoms with Crippen molar-refractivity contribution in [3.8, 4) is 5.75 Å². The third-order valence-electron chi connectivity index (χ3n) is 5.07. The number of benzene rings is 3. The average molecular weight is 526 g/mol. The molecule has 1 atom stereocenters. The summed E-state index contributed by atoms with van der Waals surface area (Å²) in [4.78, 5) is 25.3. The molecule has 0 spiro atoms. The molecule has 196 valence electrons. The average Bonchev–Trinajstić information content (AvgIpc) is 2.83. The first-order valence-corrected chi connectivity index (χ1v) is 13.1. The number of rotatable bonds is 9. The molecule has 3 aromatic rings. The molecule has 0 aliphatic rings. The second kappa shape index (κ2) is 11.9. The Bertz CT molecular complexity index is 1300. The molecule has 0 heterocycles. The van der Waals surface area contributed by atoms with Gasteiger partial charge in [-0.1, -0.05) is 60.2 Å². The summed E-state index contributed by atoms with van der Waals surface area (Å²) in [6.07, 6.45) is -0.663. The summed E-state index contributed by atoms with van der Waals surface area (Å²) in [6, 6.07) is 20.7. The first-order chi connectivity index (χ1) is 17.4. The van der Waals surface area contributed by atoms with Gasteiger partial charge in [-0.3, -0.25) is 0 Å². The van der Waals surface area contributed by atoms with E-state index in [1.807, 2.05) is 37.3 Å². The topological polar surface area (TPSA) is 108 Å². The van der Waals surface area contributed by atoms with Crippen LogP contribution in [0.2, 0.25) is 0 Å². The maximum Gasteiger partial charge on any atom is 0.408 e. The largest absolute Gasteiger partial charge is 0.458 e. The van der Waals surface area contributed by atoms with E-state index < -0.39 is 33.8 Å². The van der Waals surface area contributed by atoms with Crippen LogP contribution in [0.5, 0.6) is 5.75 Å².